The fourth-order valence-electron chi connectivity index (χ4n) is 0.340. The number of carbonyl (C=O) groups is 2. The average molecular weight is 129 g/mol. The lowest BCUT2D eigenvalue weighted by Gasteiger charge is -2.05. The van der Waals surface area contributed by atoms with Crippen molar-refractivity contribution in [3.05, 3.63) is 6.42 Å². The van der Waals surface area contributed by atoms with Crippen molar-refractivity contribution >= 4 is 22.9 Å². The molecule has 3 nitrogen and oxygen atoms in total. The van der Waals surface area contributed by atoms with Crippen molar-refractivity contribution in [3.63, 3.8) is 0 Å². The molecule has 0 aromatic carbocycles. The maximum atomic E-state index is 10.3. The molecule has 0 unspecified atom stereocenters. The van der Waals surface area contributed by atoms with Crippen molar-refractivity contribution in [2.75, 3.05) is 5.75 Å². The summed E-state index contributed by atoms with van der Waals surface area (Å²) in [5, 5.41) is 1.77. The summed E-state index contributed by atoms with van der Waals surface area (Å²) < 4.78 is 0. The van der Waals surface area contributed by atoms with Gasteiger partial charge in [0.05, 0.1) is 6.42 Å². The first-order chi connectivity index (χ1) is 3.79. The maximum absolute atomic E-state index is 10.3. The molecule has 0 bridgehead atoms. The second kappa shape index (κ2) is 2.17. The fraction of sp³-hybridized carbons (Fsp3) is 0.250. The van der Waals surface area contributed by atoms with Crippen LogP contribution in [0, 0.1) is 6.42 Å². The SMILES string of the molecule is O=C1[C]CSC(=O)N1. The Morgan fingerprint density at radius 1 is 1.62 bits per heavy atom. The van der Waals surface area contributed by atoms with E-state index < -0.39 is 5.91 Å². The van der Waals surface area contributed by atoms with Crippen LogP contribution >= 0.6 is 11.8 Å². The van der Waals surface area contributed by atoms with Crippen LogP contribution in [0.4, 0.5) is 4.79 Å². The molecule has 2 amide bonds. The normalized spacial score (nSPS) is 20.5. The fourth-order valence-corrected chi connectivity index (χ4v) is 0.839. The minimum Gasteiger partial charge on any atom is -0.287 e. The molecule has 42 valence electrons. The summed E-state index contributed by atoms with van der Waals surface area (Å²) in [5.41, 5.74) is 0. The van der Waals surface area contributed by atoms with Crippen molar-refractivity contribution in [3.8, 4) is 0 Å². The van der Waals surface area contributed by atoms with Gasteiger partial charge in [0.2, 0.25) is 5.91 Å². The first kappa shape index (κ1) is 5.62. The summed E-state index contributed by atoms with van der Waals surface area (Å²) in [6.07, 6.45) is 2.40. The quantitative estimate of drug-likeness (QED) is 0.502. The second-order valence-electron chi connectivity index (χ2n) is 1.21. The first-order valence-electron chi connectivity index (χ1n) is 2.00. The van der Waals surface area contributed by atoms with Gasteiger partial charge < -0.3 is 0 Å². The number of hydrogen-bond acceptors (Lipinski definition) is 3. The van der Waals surface area contributed by atoms with Gasteiger partial charge in [-0.15, -0.1) is 0 Å². The Bertz CT molecular complexity index is 120. The summed E-state index contributed by atoms with van der Waals surface area (Å²) in [6, 6.07) is 0. The van der Waals surface area contributed by atoms with Crippen molar-refractivity contribution in [2.24, 2.45) is 0 Å². The number of rotatable bonds is 0. The van der Waals surface area contributed by atoms with Gasteiger partial charge in [-0.05, 0) is 0 Å². The minimum atomic E-state index is -0.409. The highest BCUT2D eigenvalue weighted by molar-refractivity contribution is 8.13. The van der Waals surface area contributed by atoms with E-state index in [1.807, 2.05) is 0 Å². The van der Waals surface area contributed by atoms with Gasteiger partial charge >= 0.3 is 0 Å². The molecule has 1 saturated heterocycles. The lowest BCUT2D eigenvalue weighted by Crippen LogP contribution is -2.32. The van der Waals surface area contributed by atoms with Crippen LogP contribution in [0.25, 0.3) is 0 Å². The van der Waals surface area contributed by atoms with E-state index in [0.29, 0.717) is 5.75 Å². The zero-order valence-corrected chi connectivity index (χ0v) is 4.75. The number of nitrogens with one attached hydrogen (secondary N) is 1. The Kier molecular flexibility index (Phi) is 1.53. The third-order valence-electron chi connectivity index (χ3n) is 0.652. The summed E-state index contributed by atoms with van der Waals surface area (Å²) in [4.78, 5) is 20.5. The molecule has 0 aromatic heterocycles. The number of amides is 2. The number of carbonyl (C=O) groups excluding carboxylic acids is 2. The second-order valence-corrected chi connectivity index (χ2v) is 2.16. The summed E-state index contributed by atoms with van der Waals surface area (Å²) in [6.45, 7) is 0. The Morgan fingerprint density at radius 3 is 2.75 bits per heavy atom. The van der Waals surface area contributed by atoms with Crippen LogP contribution in [0.15, 0.2) is 0 Å². The van der Waals surface area contributed by atoms with Gasteiger partial charge in [0.1, 0.15) is 0 Å². The Balaban J connectivity index is 2.45. The lowest BCUT2D eigenvalue weighted by atomic mass is 10.4. The molecule has 1 aliphatic heterocycles. The highest BCUT2D eigenvalue weighted by Crippen LogP contribution is 2.07. The van der Waals surface area contributed by atoms with Gasteiger partial charge in [-0.2, -0.15) is 0 Å². The first-order valence-corrected chi connectivity index (χ1v) is 2.99. The number of hydrogen-bond donors (Lipinski definition) is 1. The molecule has 1 fully saturated rings. The Labute approximate surface area is 50.8 Å². The molecule has 1 heterocycles. The molecule has 2 radical (unpaired) electrons. The van der Waals surface area contributed by atoms with E-state index >= 15 is 0 Å². The van der Waals surface area contributed by atoms with Crippen molar-refractivity contribution in [1.29, 1.82) is 0 Å². The standard InChI is InChI=1S/C4H3NO2S/c6-3-1-2-8-4(7)5-3/h2H2,(H,5,6,7). The molecular formula is C4H3NO2S. The van der Waals surface area contributed by atoms with Crippen LogP contribution in [0.2, 0.25) is 0 Å². The van der Waals surface area contributed by atoms with E-state index in [-0.39, 0.29) is 5.24 Å². The topological polar surface area (TPSA) is 46.2 Å². The van der Waals surface area contributed by atoms with Crippen LogP contribution in [0.1, 0.15) is 0 Å². The number of thioether (sulfide) groups is 1. The zero-order valence-electron chi connectivity index (χ0n) is 3.93. The van der Waals surface area contributed by atoms with Crippen LogP contribution < -0.4 is 5.32 Å². The van der Waals surface area contributed by atoms with Gasteiger partial charge in [-0.25, -0.2) is 0 Å². The van der Waals surface area contributed by atoms with E-state index in [1.165, 1.54) is 0 Å². The van der Waals surface area contributed by atoms with E-state index in [9.17, 15) is 9.59 Å². The predicted octanol–water partition coefficient (Wildman–Crippen LogP) is 0.0507. The molecule has 0 aromatic rings. The Hall–Kier alpha value is -0.510. The Morgan fingerprint density at radius 2 is 2.38 bits per heavy atom. The molecule has 4 heteroatoms. The molecular weight excluding hydrogens is 126 g/mol. The highest BCUT2D eigenvalue weighted by atomic mass is 32.2. The maximum Gasteiger partial charge on any atom is 0.285 e. The molecule has 1 rings (SSSR count). The van der Waals surface area contributed by atoms with Crippen molar-refractivity contribution in [2.45, 2.75) is 0 Å². The van der Waals surface area contributed by atoms with E-state index in [0.717, 1.165) is 11.8 Å². The lowest BCUT2D eigenvalue weighted by molar-refractivity contribution is -0.116. The third-order valence-corrected chi connectivity index (χ3v) is 1.30. The molecule has 0 spiro atoms. The van der Waals surface area contributed by atoms with Gasteiger partial charge in [0, 0.05) is 5.75 Å². The zero-order chi connectivity index (χ0) is 5.98. The monoisotopic (exact) mass is 129 g/mol. The number of imide groups is 1. The van der Waals surface area contributed by atoms with Crippen LogP contribution in [-0.4, -0.2) is 16.9 Å². The molecule has 8 heavy (non-hydrogen) atoms. The smallest absolute Gasteiger partial charge is 0.285 e. The van der Waals surface area contributed by atoms with Gasteiger partial charge in [-0.1, -0.05) is 11.8 Å². The summed E-state index contributed by atoms with van der Waals surface area (Å²) in [7, 11) is 0. The molecule has 1 aliphatic rings. The minimum absolute atomic E-state index is 0.284. The van der Waals surface area contributed by atoms with Crippen LogP contribution in [-0.2, 0) is 4.79 Å². The van der Waals surface area contributed by atoms with Gasteiger partial charge in [-0.3, -0.25) is 14.9 Å². The largest absolute Gasteiger partial charge is 0.287 e. The predicted molar refractivity (Wildman–Crippen MR) is 29.2 cm³/mol. The van der Waals surface area contributed by atoms with Gasteiger partial charge in [0.15, 0.2) is 0 Å². The van der Waals surface area contributed by atoms with Crippen molar-refractivity contribution in [1.82, 2.24) is 5.32 Å². The van der Waals surface area contributed by atoms with Gasteiger partial charge in [0.25, 0.3) is 5.24 Å². The van der Waals surface area contributed by atoms with Crippen LogP contribution in [0.3, 0.4) is 0 Å². The molecule has 0 atom stereocenters. The summed E-state index contributed by atoms with van der Waals surface area (Å²) in [5.74, 6) is -0.0289. The highest BCUT2D eigenvalue weighted by Gasteiger charge is 2.14. The molecule has 0 saturated carbocycles. The van der Waals surface area contributed by atoms with Crippen molar-refractivity contribution < 1.29 is 9.59 Å². The van der Waals surface area contributed by atoms with E-state index in [4.69, 9.17) is 0 Å². The average Bonchev–Trinajstić information content (AvgIpc) is 1.64. The molecule has 0 aliphatic carbocycles. The third kappa shape index (κ3) is 1.23. The van der Waals surface area contributed by atoms with Crippen LogP contribution in [0.5, 0.6) is 0 Å². The van der Waals surface area contributed by atoms with E-state index in [1.54, 1.807) is 0 Å². The van der Waals surface area contributed by atoms with E-state index in [2.05, 4.69) is 11.7 Å². The molecule has 1 N–H and O–H groups in total. The summed E-state index contributed by atoms with van der Waals surface area (Å²) >= 11 is 1.04.